The highest BCUT2D eigenvalue weighted by molar-refractivity contribution is 7.70. The maximum atomic E-state index is 12.1. The number of ether oxygens (including phenoxy) is 1. The Kier molecular flexibility index (Phi) is 5.73. The average Bonchev–Trinajstić information content (AvgIpc) is 3.01. The number of nitrogens with two attached hydrogens (primary N) is 1. The number of H-pyrrole nitrogens is 1. The van der Waals surface area contributed by atoms with Crippen LogP contribution in [0.4, 0.5) is 5.95 Å². The number of nitrogen functional groups attached to an aromatic ring is 1. The molecule has 3 heterocycles. The number of hydrogen-bond acceptors (Lipinski definition) is 9. The molecule has 0 aliphatic carbocycles. The minimum atomic E-state index is -4.82. The van der Waals surface area contributed by atoms with Gasteiger partial charge in [0.15, 0.2) is 12.2 Å². The minimum absolute atomic E-state index is 0.0564. The Morgan fingerprint density at radius 1 is 1.34 bits per heavy atom. The van der Waals surface area contributed by atoms with Gasteiger partial charge in [-0.3, -0.25) is 23.5 Å². The number of anilines is 1. The molecule has 1 fully saturated rings. The van der Waals surface area contributed by atoms with Crippen LogP contribution in [0.3, 0.4) is 0 Å². The van der Waals surface area contributed by atoms with E-state index < -0.39 is 57.8 Å². The standard InChI is InChI=1S/C12H19N5O10P2/c1-16-3-17(9-6(16)10(20)15-12(13)14-9)11-8(19)7(18)5(27-11)2-26-29(24,25)4-28(21,22)23/h3,5,7-8,11,18-19H,2,4H2,1H3,(H5-,13,14,15,20,21,22,23,24,25)/p+1/t5-,7-,8-,11-/m1/s1. The number of aromatic amines is 1. The van der Waals surface area contributed by atoms with Gasteiger partial charge < -0.3 is 39.9 Å². The molecule has 2 aromatic heterocycles. The predicted molar refractivity (Wildman–Crippen MR) is 94.6 cm³/mol. The van der Waals surface area contributed by atoms with Crippen LogP contribution in [0.1, 0.15) is 6.23 Å². The van der Waals surface area contributed by atoms with Crippen molar-refractivity contribution in [2.45, 2.75) is 24.5 Å². The van der Waals surface area contributed by atoms with E-state index in [2.05, 4.69) is 14.5 Å². The molecule has 1 aliphatic heterocycles. The van der Waals surface area contributed by atoms with Crippen molar-refractivity contribution in [1.29, 1.82) is 0 Å². The van der Waals surface area contributed by atoms with Crippen molar-refractivity contribution in [3.05, 3.63) is 16.7 Å². The molecule has 0 bridgehead atoms. The van der Waals surface area contributed by atoms with E-state index in [0.717, 1.165) is 0 Å². The average molecular weight is 456 g/mol. The van der Waals surface area contributed by atoms with Gasteiger partial charge in [-0.15, -0.1) is 0 Å². The summed E-state index contributed by atoms with van der Waals surface area (Å²) in [6.45, 7) is -0.732. The molecule has 2 aromatic rings. The molecule has 0 spiro atoms. The van der Waals surface area contributed by atoms with Crippen molar-refractivity contribution in [3.63, 3.8) is 0 Å². The number of aliphatic hydroxyl groups is 2. The summed E-state index contributed by atoms with van der Waals surface area (Å²) in [5.41, 5.74) is 5.18. The topological polar surface area (TPSA) is 234 Å². The normalized spacial score (nSPS) is 27.4. The zero-order valence-corrected chi connectivity index (χ0v) is 16.7. The Labute approximate surface area is 162 Å². The maximum absolute atomic E-state index is 12.1. The highest BCUT2D eigenvalue weighted by Gasteiger charge is 2.48. The molecule has 3 rings (SSSR count). The largest absolute Gasteiger partial charge is 0.387 e. The second-order valence-electron chi connectivity index (χ2n) is 6.54. The SMILES string of the molecule is Cn1c[n+]([C@@H]2O[C@H](COP(=O)(O)CP(=O)(O)O)[C@@H](O)[C@H]2O)c2nc(N)[nH]c(=O)c21. The molecule has 1 aliphatic rings. The third-order valence-corrected chi connectivity index (χ3v) is 7.66. The summed E-state index contributed by atoms with van der Waals surface area (Å²) in [5, 5.41) is 20.5. The molecular formula is C12H20N5O10P2+. The van der Waals surface area contributed by atoms with Crippen LogP contribution in [0.25, 0.3) is 11.2 Å². The van der Waals surface area contributed by atoms with Crippen molar-refractivity contribution < 1.29 is 47.9 Å². The lowest BCUT2D eigenvalue weighted by Crippen LogP contribution is -2.46. The van der Waals surface area contributed by atoms with Crippen LogP contribution >= 0.6 is 15.2 Å². The lowest BCUT2D eigenvalue weighted by molar-refractivity contribution is -0.745. The van der Waals surface area contributed by atoms with E-state index >= 15 is 0 Å². The fraction of sp³-hybridized carbons (Fsp3) is 0.583. The Balaban J connectivity index is 1.84. The van der Waals surface area contributed by atoms with E-state index in [1.807, 2.05) is 0 Å². The van der Waals surface area contributed by atoms with Crippen LogP contribution in [-0.2, 0) is 25.4 Å². The van der Waals surface area contributed by atoms with E-state index in [4.69, 9.17) is 20.3 Å². The van der Waals surface area contributed by atoms with Gasteiger partial charge in [-0.1, -0.05) is 4.98 Å². The number of aryl methyl sites for hydroxylation is 1. The third kappa shape index (κ3) is 4.58. The Morgan fingerprint density at radius 3 is 2.62 bits per heavy atom. The minimum Gasteiger partial charge on any atom is -0.387 e. The molecule has 0 amide bonds. The van der Waals surface area contributed by atoms with Crippen LogP contribution in [0.5, 0.6) is 0 Å². The number of nitrogens with zero attached hydrogens (tertiary/aromatic N) is 3. The first-order valence-corrected chi connectivity index (χ1v) is 11.6. The summed E-state index contributed by atoms with van der Waals surface area (Å²) in [7, 11) is -7.96. The van der Waals surface area contributed by atoms with Crippen molar-refractivity contribution in [3.8, 4) is 0 Å². The van der Waals surface area contributed by atoms with E-state index in [1.165, 1.54) is 22.5 Å². The number of rotatable bonds is 6. The van der Waals surface area contributed by atoms with E-state index in [-0.39, 0.29) is 17.1 Å². The van der Waals surface area contributed by atoms with Gasteiger partial charge in [-0.05, 0) is 0 Å². The molecule has 1 saturated heterocycles. The van der Waals surface area contributed by atoms with Crippen LogP contribution in [0, 0.1) is 0 Å². The molecule has 17 heteroatoms. The van der Waals surface area contributed by atoms with Gasteiger partial charge in [-0.25, -0.2) is 4.57 Å². The summed E-state index contributed by atoms with van der Waals surface area (Å²) in [6, 6.07) is 0. The molecule has 8 N–H and O–H groups in total. The molecule has 162 valence electrons. The molecule has 1 unspecified atom stereocenters. The molecule has 0 radical (unpaired) electrons. The summed E-state index contributed by atoms with van der Waals surface area (Å²) in [4.78, 5) is 45.5. The Bertz CT molecular complexity index is 1080. The van der Waals surface area contributed by atoms with Crippen LogP contribution < -0.4 is 15.9 Å². The molecular weight excluding hydrogens is 436 g/mol. The van der Waals surface area contributed by atoms with Crippen LogP contribution in [0.2, 0.25) is 0 Å². The van der Waals surface area contributed by atoms with Gasteiger partial charge in [0.05, 0.1) is 13.7 Å². The third-order valence-electron chi connectivity index (χ3n) is 4.20. The smallest absolute Gasteiger partial charge is 0.340 e. The fourth-order valence-electron chi connectivity index (χ4n) is 3.02. The number of nitrogens with one attached hydrogen (secondary N) is 1. The fourth-order valence-corrected chi connectivity index (χ4v) is 5.58. The highest BCUT2D eigenvalue weighted by Crippen LogP contribution is 2.55. The summed E-state index contributed by atoms with van der Waals surface area (Å²) in [6.07, 6.45) is -4.30. The lowest BCUT2D eigenvalue weighted by Gasteiger charge is -2.17. The van der Waals surface area contributed by atoms with Gasteiger partial charge >= 0.3 is 20.8 Å². The van der Waals surface area contributed by atoms with Crippen molar-refractivity contribution >= 4 is 32.3 Å². The number of imidazole rings is 1. The molecule has 15 nitrogen and oxygen atoms in total. The van der Waals surface area contributed by atoms with Crippen molar-refractivity contribution in [2.75, 3.05) is 18.2 Å². The first-order valence-electron chi connectivity index (χ1n) is 8.07. The van der Waals surface area contributed by atoms with E-state index in [0.29, 0.717) is 0 Å². The second-order valence-corrected chi connectivity index (χ2v) is 10.5. The summed E-state index contributed by atoms with van der Waals surface area (Å²) >= 11 is 0. The van der Waals surface area contributed by atoms with Crippen LogP contribution in [-0.4, -0.2) is 70.3 Å². The highest BCUT2D eigenvalue weighted by atomic mass is 31.2. The zero-order valence-electron chi connectivity index (χ0n) is 14.9. The van der Waals surface area contributed by atoms with Gasteiger partial charge in [0.25, 0.3) is 11.5 Å². The first-order chi connectivity index (χ1) is 13.3. The lowest BCUT2D eigenvalue weighted by atomic mass is 10.1. The van der Waals surface area contributed by atoms with Gasteiger partial charge in [-0.2, -0.15) is 0 Å². The monoisotopic (exact) mass is 456 g/mol. The Morgan fingerprint density at radius 2 is 2.00 bits per heavy atom. The summed E-state index contributed by atoms with van der Waals surface area (Å²) < 4.78 is 35.4. The van der Waals surface area contributed by atoms with Crippen molar-refractivity contribution in [1.82, 2.24) is 14.5 Å². The number of aromatic nitrogens is 4. The quantitative estimate of drug-likeness (QED) is 0.171. The first kappa shape index (κ1) is 22.0. The van der Waals surface area contributed by atoms with Gasteiger partial charge in [0.1, 0.15) is 18.3 Å². The molecule has 29 heavy (non-hydrogen) atoms. The number of hydrogen-bond donors (Lipinski definition) is 7. The van der Waals surface area contributed by atoms with Gasteiger partial charge in [0.2, 0.25) is 11.7 Å². The summed E-state index contributed by atoms with van der Waals surface area (Å²) in [5.74, 6) is -1.59. The maximum Gasteiger partial charge on any atom is 0.340 e. The molecule has 5 atom stereocenters. The van der Waals surface area contributed by atoms with E-state index in [9.17, 15) is 29.0 Å². The number of aliphatic hydroxyl groups excluding tert-OH is 2. The molecule has 0 aromatic carbocycles. The second kappa shape index (κ2) is 7.54. The molecule has 0 saturated carbocycles. The predicted octanol–water partition coefficient (Wildman–Crippen LogP) is -2.91. The van der Waals surface area contributed by atoms with Gasteiger partial charge in [0, 0.05) is 0 Å². The Hall–Kier alpha value is -1.67. The van der Waals surface area contributed by atoms with Crippen molar-refractivity contribution in [2.24, 2.45) is 7.05 Å². The zero-order chi connectivity index (χ0) is 21.7. The van der Waals surface area contributed by atoms with E-state index in [1.54, 1.807) is 0 Å². The number of fused-ring (bicyclic) bond motifs is 1. The van der Waals surface area contributed by atoms with Crippen LogP contribution in [0.15, 0.2) is 11.1 Å².